The lowest BCUT2D eigenvalue weighted by Crippen LogP contribution is -2.62. The molecule has 0 aliphatic carbocycles. The molecule has 3 rings (SSSR count). The predicted octanol–water partition coefficient (Wildman–Crippen LogP) is 2.88. The number of nitrogens with zero attached hydrogens (tertiary/aromatic N) is 2. The molecule has 0 saturated carbocycles. The molecule has 4 N–H and O–H groups in total. The van der Waals surface area contributed by atoms with Crippen LogP contribution in [-0.2, 0) is 20.8 Å². The second kappa shape index (κ2) is 15.0. The van der Waals surface area contributed by atoms with E-state index in [1.807, 2.05) is 0 Å². The lowest BCUT2D eigenvalue weighted by atomic mass is 9.93. The highest BCUT2D eigenvalue weighted by molar-refractivity contribution is 6.30. The highest BCUT2D eigenvalue weighted by Crippen LogP contribution is 2.27. The summed E-state index contributed by atoms with van der Waals surface area (Å²) in [5.74, 6) is -10.2. The summed E-state index contributed by atoms with van der Waals surface area (Å²) in [6, 6.07) is 7.01. The zero-order chi connectivity index (χ0) is 33.5. The van der Waals surface area contributed by atoms with Crippen LogP contribution in [-0.4, -0.2) is 88.0 Å². The molecule has 1 fully saturated rings. The molecule has 3 unspecified atom stereocenters. The third-order valence-corrected chi connectivity index (χ3v) is 7.39. The minimum atomic E-state index is -4.97. The Morgan fingerprint density at radius 1 is 1.07 bits per heavy atom. The van der Waals surface area contributed by atoms with E-state index in [2.05, 4.69) is 15.6 Å². The molecule has 2 heterocycles. The molecule has 0 spiro atoms. The maximum absolute atomic E-state index is 14.7. The smallest absolute Gasteiger partial charge is 0.384 e. The second-order valence-corrected chi connectivity index (χ2v) is 11.3. The average molecular weight is 662 g/mol. The Morgan fingerprint density at radius 2 is 1.78 bits per heavy atom. The van der Waals surface area contributed by atoms with Gasteiger partial charge in [0.05, 0.1) is 6.04 Å². The van der Waals surface area contributed by atoms with Gasteiger partial charge in [-0.3, -0.25) is 24.2 Å². The summed E-state index contributed by atoms with van der Waals surface area (Å²) in [4.78, 5) is 57.2. The van der Waals surface area contributed by atoms with Crippen LogP contribution in [0.4, 0.5) is 22.0 Å². The monoisotopic (exact) mass is 661 g/mol. The summed E-state index contributed by atoms with van der Waals surface area (Å²) in [6.45, 7) is 0.736. The number of hydrogen-bond acceptors (Lipinski definition) is 6. The highest BCUT2D eigenvalue weighted by atomic mass is 35.5. The number of benzene rings is 1. The maximum Gasteiger partial charge on any atom is 0.405 e. The molecular formula is C29H33ClF5N5O5. The van der Waals surface area contributed by atoms with Crippen LogP contribution < -0.4 is 16.0 Å². The van der Waals surface area contributed by atoms with Crippen molar-refractivity contribution in [3.05, 3.63) is 64.9 Å². The topological polar surface area (TPSA) is 141 Å². The van der Waals surface area contributed by atoms with Crippen molar-refractivity contribution in [2.24, 2.45) is 5.92 Å². The van der Waals surface area contributed by atoms with E-state index < -0.39 is 72.4 Å². The van der Waals surface area contributed by atoms with Crippen molar-refractivity contribution in [1.82, 2.24) is 25.8 Å². The van der Waals surface area contributed by atoms with Crippen LogP contribution in [0, 0.1) is 5.92 Å². The number of aromatic nitrogens is 1. The molecule has 4 amide bonds. The molecule has 0 radical (unpaired) electrons. The molecule has 1 aliphatic rings. The number of hydrogen-bond donors (Lipinski definition) is 4. The van der Waals surface area contributed by atoms with E-state index in [-0.39, 0.29) is 25.1 Å². The van der Waals surface area contributed by atoms with Crippen molar-refractivity contribution in [1.29, 1.82) is 0 Å². The number of carbonyl (C=O) groups is 4. The first-order valence-electron chi connectivity index (χ1n) is 14.0. The summed E-state index contributed by atoms with van der Waals surface area (Å²) in [5, 5.41) is 16.7. The van der Waals surface area contributed by atoms with Gasteiger partial charge in [-0.25, -0.2) is 0 Å². The van der Waals surface area contributed by atoms with Crippen LogP contribution in [0.25, 0.3) is 0 Å². The minimum Gasteiger partial charge on any atom is -0.384 e. The SMILES string of the molecule is CC(C)[C@H](NC(=O)C1CCCN1C(=O)C(Cc1cccc(Cl)c1)NC(=O)c1ccccn1)C(O)C(F)(F)C(=O)NCC(F)(F)F. The summed E-state index contributed by atoms with van der Waals surface area (Å²) < 4.78 is 66.8. The number of nitrogens with one attached hydrogen (secondary N) is 3. The van der Waals surface area contributed by atoms with E-state index in [1.165, 1.54) is 31.0 Å². The first kappa shape index (κ1) is 35.6. The molecule has 4 atom stereocenters. The lowest BCUT2D eigenvalue weighted by molar-refractivity contribution is -0.175. The predicted molar refractivity (Wildman–Crippen MR) is 152 cm³/mol. The van der Waals surface area contributed by atoms with Crippen LogP contribution in [0.2, 0.25) is 5.02 Å². The van der Waals surface area contributed by atoms with Gasteiger partial charge in [0.2, 0.25) is 11.8 Å². The van der Waals surface area contributed by atoms with Gasteiger partial charge in [0.25, 0.3) is 11.8 Å². The van der Waals surface area contributed by atoms with E-state index in [0.29, 0.717) is 17.0 Å². The summed E-state index contributed by atoms with van der Waals surface area (Å²) in [5.41, 5.74) is 0.627. The molecule has 45 heavy (non-hydrogen) atoms. The molecule has 16 heteroatoms. The van der Waals surface area contributed by atoms with Gasteiger partial charge in [0, 0.05) is 24.2 Å². The van der Waals surface area contributed by atoms with Crippen LogP contribution in [0.3, 0.4) is 0 Å². The largest absolute Gasteiger partial charge is 0.405 e. The second-order valence-electron chi connectivity index (χ2n) is 10.9. The highest BCUT2D eigenvalue weighted by Gasteiger charge is 2.52. The van der Waals surface area contributed by atoms with Gasteiger partial charge < -0.3 is 26.0 Å². The van der Waals surface area contributed by atoms with Crippen LogP contribution in [0.1, 0.15) is 42.7 Å². The molecular weight excluding hydrogens is 629 g/mol. The number of likely N-dealkylation sites (tertiary alicyclic amines) is 1. The molecule has 246 valence electrons. The molecule has 10 nitrogen and oxygen atoms in total. The Kier molecular flexibility index (Phi) is 11.8. The van der Waals surface area contributed by atoms with E-state index in [1.54, 1.807) is 36.4 Å². The number of amides is 4. The van der Waals surface area contributed by atoms with Crippen LogP contribution >= 0.6 is 11.6 Å². The zero-order valence-electron chi connectivity index (χ0n) is 24.3. The van der Waals surface area contributed by atoms with Gasteiger partial charge >= 0.3 is 12.1 Å². The number of aliphatic hydroxyl groups is 1. The van der Waals surface area contributed by atoms with Crippen molar-refractivity contribution in [2.75, 3.05) is 13.1 Å². The summed E-state index contributed by atoms with van der Waals surface area (Å²) >= 11 is 6.10. The molecule has 2 aromatic rings. The normalized spacial score (nSPS) is 17.4. The number of aliphatic hydroxyl groups excluding tert-OH is 1. The zero-order valence-corrected chi connectivity index (χ0v) is 25.0. The molecule has 1 aliphatic heterocycles. The Labute approximate surface area is 260 Å². The quantitative estimate of drug-likeness (QED) is 0.258. The third-order valence-electron chi connectivity index (χ3n) is 7.16. The Morgan fingerprint density at radius 3 is 2.38 bits per heavy atom. The van der Waals surface area contributed by atoms with E-state index >= 15 is 0 Å². The fourth-order valence-corrected chi connectivity index (χ4v) is 5.07. The van der Waals surface area contributed by atoms with Crippen molar-refractivity contribution in [2.45, 2.75) is 69.4 Å². The first-order valence-corrected chi connectivity index (χ1v) is 14.4. The molecule has 1 aromatic carbocycles. The van der Waals surface area contributed by atoms with Crippen molar-refractivity contribution in [3.63, 3.8) is 0 Å². The maximum atomic E-state index is 14.7. The van der Waals surface area contributed by atoms with Gasteiger partial charge in [-0.1, -0.05) is 43.6 Å². The number of pyridine rings is 1. The van der Waals surface area contributed by atoms with Crippen LogP contribution in [0.15, 0.2) is 48.7 Å². The van der Waals surface area contributed by atoms with E-state index in [4.69, 9.17) is 11.6 Å². The Hall–Kier alpha value is -3.85. The van der Waals surface area contributed by atoms with Gasteiger partial charge in [-0.05, 0) is 48.6 Å². The molecule has 1 saturated heterocycles. The fraction of sp³-hybridized carbons (Fsp3) is 0.483. The molecule has 0 bridgehead atoms. The summed E-state index contributed by atoms with van der Waals surface area (Å²) in [6.07, 6.45) is -6.04. The summed E-state index contributed by atoms with van der Waals surface area (Å²) in [7, 11) is 0. The van der Waals surface area contributed by atoms with Gasteiger partial charge in [0.15, 0.2) is 0 Å². The van der Waals surface area contributed by atoms with Crippen molar-refractivity contribution in [3.8, 4) is 0 Å². The number of alkyl halides is 5. The molecule has 1 aromatic heterocycles. The van der Waals surface area contributed by atoms with Crippen molar-refractivity contribution < 1.29 is 46.2 Å². The standard InChI is InChI=1S/C29H33ClF5N5O5/c1-16(2)22(23(41)29(34,35)27(45)37-15-28(31,32)33)39-25(43)21-10-6-12-40(21)26(44)20(14-17-7-5-8-18(30)13-17)38-24(42)19-9-3-4-11-36-19/h3-5,7-9,11,13,16,20-23,41H,6,10,12,14-15H2,1-2H3,(H,37,45)(H,38,42)(H,39,43)/t20?,21?,22-,23?/m0/s1. The lowest BCUT2D eigenvalue weighted by Gasteiger charge is -2.34. The van der Waals surface area contributed by atoms with Gasteiger partial charge in [-0.2, -0.15) is 22.0 Å². The Bertz CT molecular complexity index is 1360. The van der Waals surface area contributed by atoms with Gasteiger partial charge in [-0.15, -0.1) is 0 Å². The fourth-order valence-electron chi connectivity index (χ4n) is 4.86. The Balaban J connectivity index is 1.80. The number of carbonyl (C=O) groups excluding carboxylic acids is 4. The van der Waals surface area contributed by atoms with E-state index in [9.17, 15) is 46.2 Å². The average Bonchev–Trinajstić information content (AvgIpc) is 3.47. The number of rotatable bonds is 12. The van der Waals surface area contributed by atoms with Gasteiger partial charge in [0.1, 0.15) is 30.4 Å². The van der Waals surface area contributed by atoms with Crippen molar-refractivity contribution >= 4 is 35.2 Å². The first-order chi connectivity index (χ1) is 21.0. The minimum absolute atomic E-state index is 0.0185. The van der Waals surface area contributed by atoms with E-state index in [0.717, 1.165) is 5.32 Å². The third kappa shape index (κ3) is 9.57. The van der Waals surface area contributed by atoms with Crippen LogP contribution in [0.5, 0.6) is 0 Å². The number of halogens is 6.